The molecule has 0 aromatic rings. The molecule has 0 aliphatic rings. The van der Waals surface area contributed by atoms with Crippen molar-refractivity contribution in [3.63, 3.8) is 0 Å². The number of nitrogens with zero attached hydrogens (tertiary/aromatic N) is 1. The summed E-state index contributed by atoms with van der Waals surface area (Å²) in [6, 6.07) is -0.530. The summed E-state index contributed by atoms with van der Waals surface area (Å²) in [7, 11) is 0. The highest BCUT2D eigenvalue weighted by Crippen LogP contribution is 2.01. The molecule has 0 saturated carbocycles. The van der Waals surface area contributed by atoms with Gasteiger partial charge in [0.25, 0.3) is 0 Å². The summed E-state index contributed by atoms with van der Waals surface area (Å²) in [6.45, 7) is 7.42. The van der Waals surface area contributed by atoms with Crippen LogP contribution in [0.25, 0.3) is 0 Å². The standard InChI is InChI=1S/C12H25N3O2/c1-3-7-15(8-4-2)9-5-6-11(12(13)17)14-10-16/h10-11H,3-9H2,1-2H3,(H2,13,17)(H,14,16). The van der Waals surface area contributed by atoms with Crippen LogP contribution in [-0.4, -0.2) is 42.9 Å². The molecule has 0 heterocycles. The van der Waals surface area contributed by atoms with Crippen LogP contribution in [0.5, 0.6) is 0 Å². The molecule has 1 atom stereocenters. The number of carbonyl (C=O) groups excluding carboxylic acids is 2. The van der Waals surface area contributed by atoms with E-state index < -0.39 is 11.9 Å². The molecule has 0 spiro atoms. The highest BCUT2D eigenvalue weighted by atomic mass is 16.2. The van der Waals surface area contributed by atoms with Crippen LogP contribution in [0.2, 0.25) is 0 Å². The lowest BCUT2D eigenvalue weighted by molar-refractivity contribution is -0.122. The van der Waals surface area contributed by atoms with E-state index in [0.29, 0.717) is 12.8 Å². The Morgan fingerprint density at radius 1 is 1.29 bits per heavy atom. The van der Waals surface area contributed by atoms with Crippen LogP contribution in [-0.2, 0) is 9.59 Å². The van der Waals surface area contributed by atoms with Crippen LogP contribution in [0.4, 0.5) is 0 Å². The zero-order valence-electron chi connectivity index (χ0n) is 10.9. The maximum absolute atomic E-state index is 11.0. The van der Waals surface area contributed by atoms with Gasteiger partial charge in [0, 0.05) is 0 Å². The summed E-state index contributed by atoms with van der Waals surface area (Å²) in [6.07, 6.45) is 4.27. The van der Waals surface area contributed by atoms with E-state index in [2.05, 4.69) is 24.1 Å². The largest absolute Gasteiger partial charge is 0.368 e. The van der Waals surface area contributed by atoms with Gasteiger partial charge in [0.05, 0.1) is 0 Å². The first-order valence-electron chi connectivity index (χ1n) is 6.37. The zero-order chi connectivity index (χ0) is 13.1. The van der Waals surface area contributed by atoms with Crippen LogP contribution in [0.1, 0.15) is 39.5 Å². The fourth-order valence-corrected chi connectivity index (χ4v) is 1.88. The maximum atomic E-state index is 11.0. The van der Waals surface area contributed by atoms with Crippen molar-refractivity contribution in [2.75, 3.05) is 19.6 Å². The van der Waals surface area contributed by atoms with E-state index in [0.717, 1.165) is 38.9 Å². The lowest BCUT2D eigenvalue weighted by Gasteiger charge is -2.21. The van der Waals surface area contributed by atoms with Gasteiger partial charge in [0.1, 0.15) is 6.04 Å². The molecule has 17 heavy (non-hydrogen) atoms. The fourth-order valence-electron chi connectivity index (χ4n) is 1.88. The van der Waals surface area contributed by atoms with Crippen LogP contribution in [0.3, 0.4) is 0 Å². The third-order valence-electron chi connectivity index (χ3n) is 2.66. The summed E-state index contributed by atoms with van der Waals surface area (Å²) in [4.78, 5) is 23.7. The Morgan fingerprint density at radius 2 is 1.88 bits per heavy atom. The first-order valence-corrected chi connectivity index (χ1v) is 6.37. The van der Waals surface area contributed by atoms with Crippen molar-refractivity contribution in [2.45, 2.75) is 45.6 Å². The van der Waals surface area contributed by atoms with Crippen molar-refractivity contribution in [1.82, 2.24) is 10.2 Å². The Balaban J connectivity index is 3.90. The fraction of sp³-hybridized carbons (Fsp3) is 0.833. The van der Waals surface area contributed by atoms with Gasteiger partial charge in [0.2, 0.25) is 12.3 Å². The molecule has 0 bridgehead atoms. The summed E-state index contributed by atoms with van der Waals surface area (Å²) >= 11 is 0. The van der Waals surface area contributed by atoms with Gasteiger partial charge in [-0.1, -0.05) is 13.8 Å². The molecule has 5 nitrogen and oxygen atoms in total. The SMILES string of the molecule is CCCN(CCC)CCCC(NC=O)C(N)=O. The van der Waals surface area contributed by atoms with Crippen molar-refractivity contribution in [1.29, 1.82) is 0 Å². The minimum Gasteiger partial charge on any atom is -0.368 e. The van der Waals surface area contributed by atoms with Crippen LogP contribution < -0.4 is 11.1 Å². The number of rotatable bonds is 11. The lowest BCUT2D eigenvalue weighted by Crippen LogP contribution is -2.41. The quantitative estimate of drug-likeness (QED) is 0.519. The Labute approximate surface area is 104 Å². The Morgan fingerprint density at radius 3 is 2.29 bits per heavy atom. The molecule has 0 aromatic heterocycles. The number of hydrogen-bond acceptors (Lipinski definition) is 3. The third kappa shape index (κ3) is 7.74. The van der Waals surface area contributed by atoms with E-state index in [1.807, 2.05) is 0 Å². The van der Waals surface area contributed by atoms with E-state index in [1.54, 1.807) is 0 Å². The number of nitrogens with one attached hydrogen (secondary N) is 1. The summed E-state index contributed by atoms with van der Waals surface area (Å²) in [5, 5.41) is 2.45. The number of amides is 2. The third-order valence-corrected chi connectivity index (χ3v) is 2.66. The molecule has 0 aromatic carbocycles. The van der Waals surface area contributed by atoms with Crippen molar-refractivity contribution >= 4 is 12.3 Å². The van der Waals surface area contributed by atoms with E-state index in [1.165, 1.54) is 0 Å². The zero-order valence-corrected chi connectivity index (χ0v) is 10.9. The van der Waals surface area contributed by atoms with Gasteiger partial charge in [-0.15, -0.1) is 0 Å². The molecule has 0 saturated heterocycles. The number of hydrogen-bond donors (Lipinski definition) is 2. The summed E-state index contributed by atoms with van der Waals surface area (Å²) in [5.74, 6) is -0.463. The second-order valence-corrected chi connectivity index (χ2v) is 4.22. The van der Waals surface area contributed by atoms with Crippen LogP contribution >= 0.6 is 0 Å². The molecule has 2 amide bonds. The highest BCUT2D eigenvalue weighted by molar-refractivity contribution is 5.81. The molecular weight excluding hydrogens is 218 g/mol. The molecule has 3 N–H and O–H groups in total. The topological polar surface area (TPSA) is 75.4 Å². The Bertz CT molecular complexity index is 216. The maximum Gasteiger partial charge on any atom is 0.239 e. The Kier molecular flexibility index (Phi) is 9.43. The predicted molar refractivity (Wildman–Crippen MR) is 68.4 cm³/mol. The molecule has 0 aliphatic heterocycles. The van der Waals surface area contributed by atoms with Gasteiger partial charge < -0.3 is 16.0 Å². The molecule has 1 unspecified atom stereocenters. The predicted octanol–water partition coefficient (Wildman–Crippen LogP) is 0.489. The van der Waals surface area contributed by atoms with E-state index in [-0.39, 0.29) is 0 Å². The van der Waals surface area contributed by atoms with E-state index in [9.17, 15) is 9.59 Å². The van der Waals surface area contributed by atoms with Crippen LogP contribution in [0.15, 0.2) is 0 Å². The molecule has 5 heteroatoms. The summed E-state index contributed by atoms with van der Waals surface area (Å²) < 4.78 is 0. The Hall–Kier alpha value is -1.10. The van der Waals surface area contributed by atoms with Crippen LogP contribution in [0, 0.1) is 0 Å². The average molecular weight is 243 g/mol. The molecule has 0 rings (SSSR count). The van der Waals surface area contributed by atoms with Gasteiger partial charge in [-0.3, -0.25) is 9.59 Å². The molecule has 0 aliphatic carbocycles. The minimum absolute atomic E-state index is 0.463. The van der Waals surface area contributed by atoms with Crippen molar-refractivity contribution in [2.24, 2.45) is 5.73 Å². The minimum atomic E-state index is -0.530. The number of carbonyl (C=O) groups is 2. The van der Waals surface area contributed by atoms with Gasteiger partial charge >= 0.3 is 0 Å². The first kappa shape index (κ1) is 15.9. The van der Waals surface area contributed by atoms with Gasteiger partial charge in [0.15, 0.2) is 0 Å². The van der Waals surface area contributed by atoms with Gasteiger partial charge in [-0.2, -0.15) is 0 Å². The first-order chi connectivity index (χ1) is 8.15. The van der Waals surface area contributed by atoms with E-state index >= 15 is 0 Å². The smallest absolute Gasteiger partial charge is 0.239 e. The van der Waals surface area contributed by atoms with Gasteiger partial charge in [-0.05, 0) is 45.3 Å². The average Bonchev–Trinajstić information content (AvgIpc) is 2.28. The van der Waals surface area contributed by atoms with Crippen molar-refractivity contribution in [3.8, 4) is 0 Å². The van der Waals surface area contributed by atoms with Crippen molar-refractivity contribution in [3.05, 3.63) is 0 Å². The lowest BCUT2D eigenvalue weighted by atomic mass is 10.1. The number of nitrogens with two attached hydrogens (primary N) is 1. The van der Waals surface area contributed by atoms with Crippen molar-refractivity contribution < 1.29 is 9.59 Å². The second kappa shape index (κ2) is 10.1. The molecule has 0 fully saturated rings. The highest BCUT2D eigenvalue weighted by Gasteiger charge is 2.13. The van der Waals surface area contributed by atoms with Gasteiger partial charge in [-0.25, -0.2) is 0 Å². The number of primary amides is 1. The second-order valence-electron chi connectivity index (χ2n) is 4.22. The molecular formula is C12H25N3O2. The molecule has 0 radical (unpaired) electrons. The molecule has 100 valence electrons. The monoisotopic (exact) mass is 243 g/mol. The summed E-state index contributed by atoms with van der Waals surface area (Å²) in [5.41, 5.74) is 5.18. The van der Waals surface area contributed by atoms with E-state index in [4.69, 9.17) is 5.73 Å². The normalized spacial score (nSPS) is 12.4.